The van der Waals surface area contributed by atoms with Crippen molar-refractivity contribution in [2.45, 2.75) is 26.9 Å². The summed E-state index contributed by atoms with van der Waals surface area (Å²) in [7, 11) is 1.67. The molecule has 0 saturated carbocycles. The van der Waals surface area contributed by atoms with E-state index in [0.717, 1.165) is 17.0 Å². The Morgan fingerprint density at radius 3 is 2.52 bits per heavy atom. The SMILES string of the molecule is COc1ccc([C@H]2OC[C@]3(COC(=O)Nc4ccccc4)[C@@H](C)C=C(C)[C@H]2[C@@H]3C)cc1. The number of methoxy groups -OCH3 is 1. The van der Waals surface area contributed by atoms with Crippen LogP contribution in [0.1, 0.15) is 32.4 Å². The third-order valence-electron chi connectivity index (χ3n) is 7.19. The van der Waals surface area contributed by atoms with Crippen LogP contribution in [-0.2, 0) is 9.47 Å². The summed E-state index contributed by atoms with van der Waals surface area (Å²) in [5.41, 5.74) is 2.96. The molecule has 0 aromatic heterocycles. The second kappa shape index (κ2) is 8.75. The minimum Gasteiger partial charge on any atom is -0.497 e. The molecule has 31 heavy (non-hydrogen) atoms. The van der Waals surface area contributed by atoms with Crippen molar-refractivity contribution in [1.29, 1.82) is 0 Å². The van der Waals surface area contributed by atoms with Gasteiger partial charge in [-0.25, -0.2) is 4.79 Å². The maximum absolute atomic E-state index is 12.4. The van der Waals surface area contributed by atoms with Crippen LogP contribution >= 0.6 is 0 Å². The van der Waals surface area contributed by atoms with Gasteiger partial charge < -0.3 is 14.2 Å². The Balaban J connectivity index is 1.51. The Labute approximate surface area is 184 Å². The maximum Gasteiger partial charge on any atom is 0.411 e. The Bertz CT molecular complexity index is 940. The van der Waals surface area contributed by atoms with E-state index in [1.165, 1.54) is 5.57 Å². The monoisotopic (exact) mass is 421 g/mol. The second-order valence-corrected chi connectivity index (χ2v) is 8.82. The Kier molecular flexibility index (Phi) is 6.05. The number of hydrogen-bond donors (Lipinski definition) is 1. The van der Waals surface area contributed by atoms with Crippen LogP contribution in [-0.4, -0.2) is 26.4 Å². The molecule has 1 aliphatic carbocycles. The summed E-state index contributed by atoms with van der Waals surface area (Å²) in [6, 6.07) is 17.5. The van der Waals surface area contributed by atoms with Gasteiger partial charge in [0, 0.05) is 17.0 Å². The topological polar surface area (TPSA) is 56.8 Å². The number of carbonyl (C=O) groups excluding carboxylic acids is 1. The molecular weight excluding hydrogens is 390 g/mol. The molecule has 2 aromatic rings. The molecule has 1 fully saturated rings. The lowest BCUT2D eigenvalue weighted by atomic mass is 9.56. The van der Waals surface area contributed by atoms with E-state index in [4.69, 9.17) is 14.2 Å². The number of rotatable bonds is 5. The van der Waals surface area contributed by atoms with Crippen LogP contribution in [0.5, 0.6) is 5.75 Å². The number of hydrogen-bond acceptors (Lipinski definition) is 4. The number of para-hydroxylation sites is 1. The summed E-state index contributed by atoms with van der Waals surface area (Å²) in [5.74, 6) is 1.63. The van der Waals surface area contributed by atoms with E-state index in [2.05, 4.69) is 44.3 Å². The fraction of sp³-hybridized carbons (Fsp3) is 0.423. The smallest absolute Gasteiger partial charge is 0.411 e. The van der Waals surface area contributed by atoms with Gasteiger partial charge in [0.05, 0.1) is 19.8 Å². The molecule has 2 aromatic carbocycles. The molecular formula is C26H31NO4. The number of anilines is 1. The van der Waals surface area contributed by atoms with Gasteiger partial charge in [-0.05, 0) is 48.6 Å². The van der Waals surface area contributed by atoms with E-state index in [9.17, 15) is 4.79 Å². The van der Waals surface area contributed by atoms with Crippen LogP contribution in [0, 0.1) is 23.2 Å². The van der Waals surface area contributed by atoms with Crippen LogP contribution < -0.4 is 10.1 Å². The first kappa shape index (κ1) is 21.4. The number of ether oxygens (including phenoxy) is 3. The fourth-order valence-corrected chi connectivity index (χ4v) is 5.23. The van der Waals surface area contributed by atoms with Crippen molar-refractivity contribution in [1.82, 2.24) is 0 Å². The highest BCUT2D eigenvalue weighted by molar-refractivity contribution is 5.84. The molecule has 0 spiro atoms. The standard InChI is InChI=1S/C26H31NO4/c1-17-14-18(2)26(16-31-25(28)27-21-8-6-5-7-9-21)15-30-24(23(17)19(26)3)20-10-12-22(29-4)13-11-20/h5-14,18-19,23-24H,15-16H2,1-4H3,(H,27,28)/t18-,19-,23-,24+,26-/m0/s1. The van der Waals surface area contributed by atoms with Crippen molar-refractivity contribution < 1.29 is 19.0 Å². The van der Waals surface area contributed by atoms with Crippen LogP contribution in [0.4, 0.5) is 10.5 Å². The highest BCUT2D eigenvalue weighted by Crippen LogP contribution is 2.56. The minimum absolute atomic E-state index is 0.0177. The highest BCUT2D eigenvalue weighted by atomic mass is 16.6. The van der Waals surface area contributed by atoms with Crippen LogP contribution in [0.15, 0.2) is 66.2 Å². The van der Waals surface area contributed by atoms with Crippen molar-refractivity contribution in [3.05, 3.63) is 71.8 Å². The van der Waals surface area contributed by atoms with Gasteiger partial charge in [-0.3, -0.25) is 5.32 Å². The summed E-state index contributed by atoms with van der Waals surface area (Å²) in [5, 5.41) is 2.81. The molecule has 2 aliphatic rings. The zero-order valence-electron chi connectivity index (χ0n) is 18.6. The maximum atomic E-state index is 12.4. The number of allylic oxidation sites excluding steroid dienone is 1. The third kappa shape index (κ3) is 4.07. The van der Waals surface area contributed by atoms with Gasteiger partial charge in [0.2, 0.25) is 0 Å². The van der Waals surface area contributed by atoms with E-state index in [1.54, 1.807) is 7.11 Å². The van der Waals surface area contributed by atoms with E-state index in [1.807, 2.05) is 42.5 Å². The summed E-state index contributed by atoms with van der Waals surface area (Å²) < 4.78 is 17.5. The summed E-state index contributed by atoms with van der Waals surface area (Å²) >= 11 is 0. The van der Waals surface area contributed by atoms with Crippen molar-refractivity contribution >= 4 is 11.8 Å². The van der Waals surface area contributed by atoms with Gasteiger partial charge in [0.1, 0.15) is 12.4 Å². The number of carbonyl (C=O) groups is 1. The molecule has 1 aliphatic heterocycles. The van der Waals surface area contributed by atoms with Crippen LogP contribution in [0.2, 0.25) is 0 Å². The van der Waals surface area contributed by atoms with E-state index >= 15 is 0 Å². The molecule has 1 heterocycles. The molecule has 1 saturated heterocycles. The Morgan fingerprint density at radius 1 is 1.13 bits per heavy atom. The molecule has 0 radical (unpaired) electrons. The van der Waals surface area contributed by atoms with Gasteiger partial charge in [-0.1, -0.05) is 55.8 Å². The average molecular weight is 422 g/mol. The predicted molar refractivity (Wildman–Crippen MR) is 121 cm³/mol. The lowest BCUT2D eigenvalue weighted by Crippen LogP contribution is -2.54. The molecule has 164 valence electrons. The largest absolute Gasteiger partial charge is 0.497 e. The normalized spacial score (nSPS) is 29.6. The molecule has 1 N–H and O–H groups in total. The molecule has 4 rings (SSSR count). The zero-order chi connectivity index (χ0) is 22.0. The van der Waals surface area contributed by atoms with Crippen LogP contribution in [0.25, 0.3) is 0 Å². The van der Waals surface area contributed by atoms with Crippen molar-refractivity contribution in [2.75, 3.05) is 25.6 Å². The summed E-state index contributed by atoms with van der Waals surface area (Å²) in [6.45, 7) is 7.53. The van der Waals surface area contributed by atoms with Gasteiger partial charge in [0.15, 0.2) is 0 Å². The zero-order valence-corrected chi connectivity index (χ0v) is 18.6. The lowest BCUT2D eigenvalue weighted by Gasteiger charge is -2.55. The van der Waals surface area contributed by atoms with Gasteiger partial charge in [-0.2, -0.15) is 0 Å². The highest BCUT2D eigenvalue weighted by Gasteiger charge is 2.54. The van der Waals surface area contributed by atoms with Gasteiger partial charge >= 0.3 is 6.09 Å². The van der Waals surface area contributed by atoms with Crippen molar-refractivity contribution in [2.24, 2.45) is 23.2 Å². The molecule has 5 nitrogen and oxygen atoms in total. The van der Waals surface area contributed by atoms with Crippen molar-refractivity contribution in [3.63, 3.8) is 0 Å². The van der Waals surface area contributed by atoms with Gasteiger partial charge in [-0.15, -0.1) is 0 Å². The molecule has 5 atom stereocenters. The van der Waals surface area contributed by atoms with Crippen molar-refractivity contribution in [3.8, 4) is 5.75 Å². The Hall–Kier alpha value is -2.79. The first-order valence-electron chi connectivity index (χ1n) is 10.9. The van der Waals surface area contributed by atoms with E-state index < -0.39 is 6.09 Å². The van der Waals surface area contributed by atoms with E-state index in [0.29, 0.717) is 19.1 Å². The third-order valence-corrected chi connectivity index (χ3v) is 7.19. The quantitative estimate of drug-likeness (QED) is 0.615. The summed E-state index contributed by atoms with van der Waals surface area (Å²) in [6.07, 6.45) is 1.89. The molecule has 5 heteroatoms. The van der Waals surface area contributed by atoms with Crippen LogP contribution in [0.3, 0.4) is 0 Å². The number of amides is 1. The first-order valence-corrected chi connectivity index (χ1v) is 10.9. The number of benzene rings is 2. The number of nitrogens with one attached hydrogen (secondary N) is 1. The fourth-order valence-electron chi connectivity index (χ4n) is 5.23. The van der Waals surface area contributed by atoms with Gasteiger partial charge in [0.25, 0.3) is 0 Å². The number of fused-ring (bicyclic) bond motifs is 2. The molecule has 0 unspecified atom stereocenters. The second-order valence-electron chi connectivity index (χ2n) is 8.82. The van der Waals surface area contributed by atoms with E-state index in [-0.39, 0.29) is 23.4 Å². The first-order chi connectivity index (χ1) is 14.9. The molecule has 1 amide bonds. The predicted octanol–water partition coefficient (Wildman–Crippen LogP) is 5.85. The average Bonchev–Trinajstić information content (AvgIpc) is 2.77. The molecule has 2 bridgehead atoms. The lowest BCUT2D eigenvalue weighted by molar-refractivity contribution is -0.165. The summed E-state index contributed by atoms with van der Waals surface area (Å²) in [4.78, 5) is 12.4. The Morgan fingerprint density at radius 2 is 1.84 bits per heavy atom. The minimum atomic E-state index is -0.430.